The Morgan fingerprint density at radius 1 is 1.80 bits per heavy atom. The summed E-state index contributed by atoms with van der Waals surface area (Å²) in [4.78, 5) is 1.24. The molecule has 1 rings (SSSR count). The first kappa shape index (κ1) is 7.35. The summed E-state index contributed by atoms with van der Waals surface area (Å²) in [6.45, 7) is 5.50. The molecule has 0 N–H and O–H groups in total. The third-order valence-electron chi connectivity index (χ3n) is 1.24. The highest BCUT2D eigenvalue weighted by atomic mass is 32.1. The Morgan fingerprint density at radius 2 is 2.60 bits per heavy atom. The van der Waals surface area contributed by atoms with Gasteiger partial charge in [-0.25, -0.2) is 0 Å². The second kappa shape index (κ2) is 3.42. The molecular formula is C8H10OS. The normalized spacial score (nSPS) is 12.5. The summed E-state index contributed by atoms with van der Waals surface area (Å²) in [6.07, 6.45) is 1.63. The van der Waals surface area contributed by atoms with Crippen molar-refractivity contribution in [2.75, 3.05) is 0 Å². The molecule has 0 spiro atoms. The summed E-state index contributed by atoms with van der Waals surface area (Å²) < 4.78 is 5.16. The molecule has 0 amide bonds. The fraction of sp³-hybridized carbons (Fsp3) is 0.250. The SMILES string of the molecule is C=COC(C)c1cccs1. The van der Waals surface area contributed by atoms with Gasteiger partial charge in [0.1, 0.15) is 6.10 Å². The van der Waals surface area contributed by atoms with E-state index in [1.807, 2.05) is 18.4 Å². The van der Waals surface area contributed by atoms with Crippen molar-refractivity contribution in [1.29, 1.82) is 0 Å². The van der Waals surface area contributed by atoms with Gasteiger partial charge in [-0.2, -0.15) is 0 Å². The summed E-state index contributed by atoms with van der Waals surface area (Å²) in [5.41, 5.74) is 0. The summed E-state index contributed by atoms with van der Waals surface area (Å²) in [5, 5.41) is 2.04. The van der Waals surface area contributed by atoms with Crippen molar-refractivity contribution in [3.63, 3.8) is 0 Å². The summed E-state index contributed by atoms with van der Waals surface area (Å²) in [6, 6.07) is 4.07. The highest BCUT2D eigenvalue weighted by molar-refractivity contribution is 7.10. The predicted octanol–water partition coefficient (Wildman–Crippen LogP) is 2.97. The molecule has 1 unspecified atom stereocenters. The van der Waals surface area contributed by atoms with E-state index in [-0.39, 0.29) is 6.10 Å². The lowest BCUT2D eigenvalue weighted by Gasteiger charge is -2.06. The Morgan fingerprint density at radius 3 is 3.10 bits per heavy atom. The average Bonchev–Trinajstić information content (AvgIpc) is 2.38. The number of hydrogen-bond acceptors (Lipinski definition) is 2. The van der Waals surface area contributed by atoms with Gasteiger partial charge in [-0.05, 0) is 18.4 Å². The van der Waals surface area contributed by atoms with Gasteiger partial charge < -0.3 is 4.74 Å². The third kappa shape index (κ3) is 1.61. The minimum atomic E-state index is 0.150. The van der Waals surface area contributed by atoms with Crippen molar-refractivity contribution in [2.24, 2.45) is 0 Å². The molecule has 10 heavy (non-hydrogen) atoms. The molecule has 1 atom stereocenters. The van der Waals surface area contributed by atoms with Crippen LogP contribution in [0.3, 0.4) is 0 Å². The maximum atomic E-state index is 5.16. The van der Waals surface area contributed by atoms with E-state index in [0.717, 1.165) is 0 Å². The Bertz CT molecular complexity index is 191. The van der Waals surface area contributed by atoms with Crippen LogP contribution in [0.1, 0.15) is 17.9 Å². The predicted molar refractivity (Wildman–Crippen MR) is 44.0 cm³/mol. The molecule has 0 radical (unpaired) electrons. The van der Waals surface area contributed by atoms with E-state index in [1.165, 1.54) is 11.1 Å². The summed E-state index contributed by atoms with van der Waals surface area (Å²) in [5.74, 6) is 0. The lowest BCUT2D eigenvalue weighted by Crippen LogP contribution is -1.89. The van der Waals surface area contributed by atoms with Crippen molar-refractivity contribution >= 4 is 11.3 Å². The maximum absolute atomic E-state index is 5.16. The third-order valence-corrected chi connectivity index (χ3v) is 2.28. The molecule has 0 saturated carbocycles. The summed E-state index contributed by atoms with van der Waals surface area (Å²) >= 11 is 1.70. The van der Waals surface area contributed by atoms with Gasteiger partial charge in [0.2, 0.25) is 0 Å². The van der Waals surface area contributed by atoms with Crippen LogP contribution in [0, 0.1) is 0 Å². The lowest BCUT2D eigenvalue weighted by atomic mass is 10.3. The van der Waals surface area contributed by atoms with Crippen molar-refractivity contribution < 1.29 is 4.74 Å². The van der Waals surface area contributed by atoms with E-state index in [9.17, 15) is 0 Å². The minimum absolute atomic E-state index is 0.150. The quantitative estimate of drug-likeness (QED) is 0.608. The molecule has 1 aromatic heterocycles. The zero-order chi connectivity index (χ0) is 7.40. The molecule has 0 fully saturated rings. The van der Waals surface area contributed by atoms with Crippen LogP contribution in [-0.2, 0) is 4.74 Å². The molecule has 0 saturated heterocycles. The van der Waals surface area contributed by atoms with Gasteiger partial charge in [-0.15, -0.1) is 11.3 Å². The van der Waals surface area contributed by atoms with Crippen LogP contribution >= 0.6 is 11.3 Å². The zero-order valence-electron chi connectivity index (χ0n) is 5.91. The Kier molecular flexibility index (Phi) is 2.51. The highest BCUT2D eigenvalue weighted by Crippen LogP contribution is 2.21. The minimum Gasteiger partial charge on any atom is -0.493 e. The Labute approximate surface area is 65.0 Å². The van der Waals surface area contributed by atoms with Gasteiger partial charge in [0.05, 0.1) is 6.26 Å². The fourth-order valence-electron chi connectivity index (χ4n) is 0.734. The van der Waals surface area contributed by atoms with Crippen LogP contribution < -0.4 is 0 Å². The lowest BCUT2D eigenvalue weighted by molar-refractivity contribution is 0.168. The van der Waals surface area contributed by atoms with Crippen LogP contribution in [0.5, 0.6) is 0 Å². The first-order valence-electron chi connectivity index (χ1n) is 3.14. The molecule has 1 heterocycles. The van der Waals surface area contributed by atoms with Gasteiger partial charge in [0.15, 0.2) is 0 Å². The molecule has 1 nitrogen and oxygen atoms in total. The van der Waals surface area contributed by atoms with Gasteiger partial charge in [0.25, 0.3) is 0 Å². The van der Waals surface area contributed by atoms with Crippen LogP contribution in [0.25, 0.3) is 0 Å². The van der Waals surface area contributed by atoms with Crippen LogP contribution in [0.4, 0.5) is 0 Å². The molecule has 0 aliphatic heterocycles. The topological polar surface area (TPSA) is 9.23 Å². The van der Waals surface area contributed by atoms with E-state index < -0.39 is 0 Å². The molecule has 54 valence electrons. The zero-order valence-corrected chi connectivity index (χ0v) is 6.73. The van der Waals surface area contributed by atoms with Crippen LogP contribution in [-0.4, -0.2) is 0 Å². The van der Waals surface area contributed by atoms with Crippen molar-refractivity contribution in [1.82, 2.24) is 0 Å². The van der Waals surface area contributed by atoms with Crippen molar-refractivity contribution in [2.45, 2.75) is 13.0 Å². The van der Waals surface area contributed by atoms with E-state index >= 15 is 0 Å². The number of rotatable bonds is 3. The highest BCUT2D eigenvalue weighted by Gasteiger charge is 2.03. The standard InChI is InChI=1S/C8H10OS/c1-3-9-7(2)8-5-4-6-10-8/h3-7H,1H2,2H3. The molecular weight excluding hydrogens is 144 g/mol. The molecule has 0 aromatic carbocycles. The van der Waals surface area contributed by atoms with Gasteiger partial charge in [0, 0.05) is 4.88 Å². The Hall–Kier alpha value is -0.760. The van der Waals surface area contributed by atoms with Crippen LogP contribution in [0.2, 0.25) is 0 Å². The monoisotopic (exact) mass is 154 g/mol. The second-order valence-electron chi connectivity index (χ2n) is 1.96. The van der Waals surface area contributed by atoms with E-state index in [4.69, 9.17) is 4.74 Å². The molecule has 1 aromatic rings. The smallest absolute Gasteiger partial charge is 0.129 e. The molecule has 0 aliphatic rings. The molecule has 2 heteroatoms. The Balaban J connectivity index is 2.58. The number of ether oxygens (including phenoxy) is 1. The first-order valence-corrected chi connectivity index (χ1v) is 4.02. The summed E-state index contributed by atoms with van der Waals surface area (Å²) in [7, 11) is 0. The maximum Gasteiger partial charge on any atom is 0.129 e. The largest absolute Gasteiger partial charge is 0.493 e. The molecule has 0 bridgehead atoms. The van der Waals surface area contributed by atoms with Crippen molar-refractivity contribution in [3.05, 3.63) is 35.2 Å². The van der Waals surface area contributed by atoms with Gasteiger partial charge >= 0.3 is 0 Å². The van der Waals surface area contributed by atoms with Crippen LogP contribution in [0.15, 0.2) is 30.4 Å². The average molecular weight is 154 g/mol. The molecule has 0 aliphatic carbocycles. The number of thiophene rings is 1. The van der Waals surface area contributed by atoms with E-state index in [1.54, 1.807) is 11.3 Å². The van der Waals surface area contributed by atoms with Crippen molar-refractivity contribution in [3.8, 4) is 0 Å². The number of hydrogen-bond donors (Lipinski definition) is 0. The fourth-order valence-corrected chi connectivity index (χ4v) is 1.45. The van der Waals surface area contributed by atoms with Gasteiger partial charge in [-0.3, -0.25) is 0 Å². The first-order chi connectivity index (χ1) is 4.84. The second-order valence-corrected chi connectivity index (χ2v) is 2.94. The van der Waals surface area contributed by atoms with E-state index in [0.29, 0.717) is 0 Å². The van der Waals surface area contributed by atoms with E-state index in [2.05, 4.69) is 12.6 Å². The van der Waals surface area contributed by atoms with Gasteiger partial charge in [-0.1, -0.05) is 12.6 Å².